The Morgan fingerprint density at radius 3 is 2.24 bits per heavy atom. The summed E-state index contributed by atoms with van der Waals surface area (Å²) in [6.07, 6.45) is 4.04. The van der Waals surface area contributed by atoms with E-state index in [0.29, 0.717) is 12.6 Å². The van der Waals surface area contributed by atoms with Crippen LogP contribution in [0.1, 0.15) is 42.0 Å². The van der Waals surface area contributed by atoms with Crippen LogP contribution in [0.15, 0.2) is 18.2 Å². The Kier molecular flexibility index (Phi) is 3.85. The molecule has 1 aliphatic rings. The lowest BCUT2D eigenvalue weighted by Crippen LogP contribution is -2.42. The Labute approximate surface area is 105 Å². The lowest BCUT2D eigenvalue weighted by molar-refractivity contribution is 0.113. The van der Waals surface area contributed by atoms with Crippen LogP contribution < -0.4 is 5.73 Å². The fraction of sp³-hybridized carbons (Fsp3) is 0.600. The van der Waals surface area contributed by atoms with Crippen molar-refractivity contribution >= 4 is 0 Å². The molecule has 1 aromatic rings. The van der Waals surface area contributed by atoms with Gasteiger partial charge in [0, 0.05) is 18.6 Å². The minimum absolute atomic E-state index is 0.374. The van der Waals surface area contributed by atoms with Crippen molar-refractivity contribution in [3.63, 3.8) is 0 Å². The standard InChI is InChI=1S/C15H24N2/c1-11-7-12(2)9-13(8-11)15(10-16)17(3)14-5-4-6-14/h7-9,14-15H,4-6,10,16H2,1-3H3. The summed E-state index contributed by atoms with van der Waals surface area (Å²) in [6, 6.07) is 7.89. The van der Waals surface area contributed by atoms with E-state index < -0.39 is 0 Å². The van der Waals surface area contributed by atoms with E-state index in [1.807, 2.05) is 0 Å². The second-order valence-corrected chi connectivity index (χ2v) is 5.42. The van der Waals surface area contributed by atoms with Crippen molar-refractivity contribution < 1.29 is 0 Å². The van der Waals surface area contributed by atoms with Gasteiger partial charge in [0.2, 0.25) is 0 Å². The lowest BCUT2D eigenvalue weighted by Gasteiger charge is -2.40. The van der Waals surface area contributed by atoms with Gasteiger partial charge in [-0.25, -0.2) is 0 Å². The molecule has 2 nitrogen and oxygen atoms in total. The zero-order chi connectivity index (χ0) is 12.4. The van der Waals surface area contributed by atoms with Crippen LogP contribution in [0, 0.1) is 13.8 Å². The van der Waals surface area contributed by atoms with Gasteiger partial charge >= 0.3 is 0 Å². The minimum Gasteiger partial charge on any atom is -0.329 e. The molecule has 0 spiro atoms. The van der Waals surface area contributed by atoms with Gasteiger partial charge in [-0.05, 0) is 39.3 Å². The molecule has 1 aliphatic carbocycles. The van der Waals surface area contributed by atoms with E-state index in [1.165, 1.54) is 36.0 Å². The highest BCUT2D eigenvalue weighted by atomic mass is 15.2. The van der Waals surface area contributed by atoms with Crippen molar-refractivity contribution in [1.82, 2.24) is 4.90 Å². The van der Waals surface area contributed by atoms with Crippen molar-refractivity contribution in [2.45, 2.75) is 45.2 Å². The predicted molar refractivity (Wildman–Crippen MR) is 73.1 cm³/mol. The number of hydrogen-bond donors (Lipinski definition) is 1. The van der Waals surface area contributed by atoms with Crippen molar-refractivity contribution in [3.05, 3.63) is 34.9 Å². The van der Waals surface area contributed by atoms with Crippen molar-refractivity contribution in [1.29, 1.82) is 0 Å². The van der Waals surface area contributed by atoms with Crippen LogP contribution in [0.4, 0.5) is 0 Å². The van der Waals surface area contributed by atoms with Gasteiger partial charge in [0.25, 0.3) is 0 Å². The van der Waals surface area contributed by atoms with E-state index in [-0.39, 0.29) is 0 Å². The smallest absolute Gasteiger partial charge is 0.0470 e. The maximum atomic E-state index is 5.98. The Balaban J connectivity index is 2.21. The number of nitrogens with zero attached hydrogens (tertiary/aromatic N) is 1. The van der Waals surface area contributed by atoms with Crippen LogP contribution in [0.5, 0.6) is 0 Å². The predicted octanol–water partition coefficient (Wildman–Crippen LogP) is 2.79. The Bertz CT molecular complexity index is 362. The van der Waals surface area contributed by atoms with Crippen LogP contribution in [0.25, 0.3) is 0 Å². The van der Waals surface area contributed by atoms with Gasteiger partial charge in [-0.1, -0.05) is 35.7 Å². The highest BCUT2D eigenvalue weighted by Gasteiger charge is 2.27. The van der Waals surface area contributed by atoms with Gasteiger partial charge < -0.3 is 5.73 Å². The van der Waals surface area contributed by atoms with Crippen LogP contribution >= 0.6 is 0 Å². The summed E-state index contributed by atoms with van der Waals surface area (Å²) >= 11 is 0. The maximum absolute atomic E-state index is 5.98. The molecule has 2 N–H and O–H groups in total. The Morgan fingerprint density at radius 2 is 1.82 bits per heavy atom. The van der Waals surface area contributed by atoms with E-state index in [2.05, 4.69) is 44.0 Å². The first-order valence-corrected chi connectivity index (χ1v) is 6.62. The third kappa shape index (κ3) is 2.70. The molecule has 0 amide bonds. The molecule has 1 unspecified atom stereocenters. The molecule has 1 atom stereocenters. The molecular formula is C15H24N2. The quantitative estimate of drug-likeness (QED) is 0.865. The molecule has 0 aromatic heterocycles. The SMILES string of the molecule is Cc1cc(C)cc(C(CN)N(C)C2CCC2)c1. The molecule has 2 heteroatoms. The average Bonchev–Trinajstić information content (AvgIpc) is 2.14. The zero-order valence-corrected chi connectivity index (χ0v) is 11.2. The third-order valence-electron chi connectivity index (χ3n) is 3.99. The second-order valence-electron chi connectivity index (χ2n) is 5.42. The topological polar surface area (TPSA) is 29.3 Å². The maximum Gasteiger partial charge on any atom is 0.0470 e. The number of nitrogens with two attached hydrogens (primary N) is 1. The summed E-state index contributed by atoms with van der Waals surface area (Å²) < 4.78 is 0. The van der Waals surface area contributed by atoms with Gasteiger partial charge in [-0.3, -0.25) is 4.90 Å². The van der Waals surface area contributed by atoms with Gasteiger partial charge in [0.05, 0.1) is 0 Å². The van der Waals surface area contributed by atoms with Crippen molar-refractivity contribution in [2.75, 3.05) is 13.6 Å². The zero-order valence-electron chi connectivity index (χ0n) is 11.2. The molecular weight excluding hydrogens is 208 g/mol. The highest BCUT2D eigenvalue weighted by Crippen LogP contribution is 2.31. The number of likely N-dealkylation sites (N-methyl/N-ethyl adjacent to an activating group) is 1. The average molecular weight is 232 g/mol. The molecule has 2 rings (SSSR count). The summed E-state index contributed by atoms with van der Waals surface area (Å²) in [6.45, 7) is 5.02. The van der Waals surface area contributed by atoms with E-state index >= 15 is 0 Å². The molecule has 0 saturated heterocycles. The molecule has 0 bridgehead atoms. The Morgan fingerprint density at radius 1 is 1.24 bits per heavy atom. The van der Waals surface area contributed by atoms with E-state index in [9.17, 15) is 0 Å². The monoisotopic (exact) mass is 232 g/mol. The minimum atomic E-state index is 0.374. The summed E-state index contributed by atoms with van der Waals surface area (Å²) in [5, 5.41) is 0. The van der Waals surface area contributed by atoms with Crippen LogP contribution in [0.2, 0.25) is 0 Å². The van der Waals surface area contributed by atoms with Crippen LogP contribution in [0.3, 0.4) is 0 Å². The molecule has 0 heterocycles. The number of benzene rings is 1. The number of hydrogen-bond acceptors (Lipinski definition) is 2. The lowest BCUT2D eigenvalue weighted by atomic mass is 9.89. The van der Waals surface area contributed by atoms with E-state index in [0.717, 1.165) is 6.04 Å². The molecule has 0 aliphatic heterocycles. The van der Waals surface area contributed by atoms with Gasteiger partial charge in [-0.2, -0.15) is 0 Å². The second kappa shape index (κ2) is 5.19. The van der Waals surface area contributed by atoms with Gasteiger partial charge in [0.1, 0.15) is 0 Å². The fourth-order valence-electron chi connectivity index (χ4n) is 2.79. The molecule has 0 radical (unpaired) electrons. The third-order valence-corrected chi connectivity index (χ3v) is 3.99. The molecule has 17 heavy (non-hydrogen) atoms. The molecule has 94 valence electrons. The summed E-state index contributed by atoms with van der Waals surface area (Å²) in [7, 11) is 2.22. The summed E-state index contributed by atoms with van der Waals surface area (Å²) in [5.74, 6) is 0. The first kappa shape index (κ1) is 12.6. The van der Waals surface area contributed by atoms with Gasteiger partial charge in [0.15, 0.2) is 0 Å². The molecule has 1 fully saturated rings. The highest BCUT2D eigenvalue weighted by molar-refractivity contribution is 5.31. The van der Waals surface area contributed by atoms with Crippen LogP contribution in [-0.4, -0.2) is 24.5 Å². The van der Waals surface area contributed by atoms with Crippen molar-refractivity contribution in [2.24, 2.45) is 5.73 Å². The van der Waals surface area contributed by atoms with E-state index in [4.69, 9.17) is 5.73 Å². The number of aryl methyl sites for hydroxylation is 2. The normalized spacial score (nSPS) is 18.2. The Hall–Kier alpha value is -0.860. The first-order valence-electron chi connectivity index (χ1n) is 6.62. The summed E-state index contributed by atoms with van der Waals surface area (Å²) in [4.78, 5) is 2.47. The van der Waals surface area contributed by atoms with Gasteiger partial charge in [-0.15, -0.1) is 0 Å². The summed E-state index contributed by atoms with van der Waals surface area (Å²) in [5.41, 5.74) is 10.0. The van der Waals surface area contributed by atoms with Crippen LogP contribution in [-0.2, 0) is 0 Å². The van der Waals surface area contributed by atoms with E-state index in [1.54, 1.807) is 0 Å². The first-order chi connectivity index (χ1) is 8.11. The number of rotatable bonds is 4. The fourth-order valence-corrected chi connectivity index (χ4v) is 2.79. The largest absolute Gasteiger partial charge is 0.329 e. The molecule has 1 saturated carbocycles. The molecule has 1 aromatic carbocycles. The van der Waals surface area contributed by atoms with Crippen molar-refractivity contribution in [3.8, 4) is 0 Å².